The van der Waals surface area contributed by atoms with Crippen molar-refractivity contribution >= 4 is 0 Å². The van der Waals surface area contributed by atoms with Crippen molar-refractivity contribution in [3.05, 3.63) is 0 Å². The Kier molecular flexibility index (Phi) is 3.13. The number of piperidine rings is 1. The summed E-state index contributed by atoms with van der Waals surface area (Å²) in [6.07, 6.45) is 4.28. The molecule has 2 nitrogen and oxygen atoms in total. The molecule has 0 spiro atoms. The number of nitrogens with zero attached hydrogens (tertiary/aromatic N) is 1. The molecule has 82 valence electrons. The van der Waals surface area contributed by atoms with Crippen LogP contribution < -0.4 is 5.32 Å². The van der Waals surface area contributed by atoms with Crippen molar-refractivity contribution in [1.29, 1.82) is 0 Å². The lowest BCUT2D eigenvalue weighted by molar-refractivity contribution is 0.104. The van der Waals surface area contributed by atoms with Crippen molar-refractivity contribution in [3.8, 4) is 0 Å². The van der Waals surface area contributed by atoms with Crippen LogP contribution in [-0.2, 0) is 0 Å². The van der Waals surface area contributed by atoms with Gasteiger partial charge in [-0.3, -0.25) is 0 Å². The Morgan fingerprint density at radius 2 is 2.00 bits per heavy atom. The van der Waals surface area contributed by atoms with Crippen LogP contribution in [0.3, 0.4) is 0 Å². The van der Waals surface area contributed by atoms with Crippen LogP contribution in [-0.4, -0.2) is 37.1 Å². The molecule has 1 saturated carbocycles. The highest BCUT2D eigenvalue weighted by Gasteiger charge is 2.35. The Morgan fingerprint density at radius 1 is 1.29 bits per heavy atom. The van der Waals surface area contributed by atoms with Crippen LogP contribution in [0.25, 0.3) is 0 Å². The fraction of sp³-hybridized carbons (Fsp3) is 1.00. The lowest BCUT2D eigenvalue weighted by Crippen LogP contribution is -2.50. The first kappa shape index (κ1) is 10.4. The number of rotatable bonds is 3. The lowest BCUT2D eigenvalue weighted by atomic mass is 9.92. The summed E-state index contributed by atoms with van der Waals surface area (Å²) >= 11 is 0. The number of nitrogens with one attached hydrogen (secondary N) is 1. The minimum atomic E-state index is 0.748. The van der Waals surface area contributed by atoms with Crippen LogP contribution in [0.4, 0.5) is 0 Å². The van der Waals surface area contributed by atoms with E-state index in [0.29, 0.717) is 0 Å². The van der Waals surface area contributed by atoms with Gasteiger partial charge in [-0.1, -0.05) is 6.92 Å². The van der Waals surface area contributed by atoms with E-state index in [1.807, 2.05) is 0 Å². The van der Waals surface area contributed by atoms with Gasteiger partial charge in [-0.15, -0.1) is 0 Å². The predicted octanol–water partition coefficient (Wildman–Crippen LogP) is 1.71. The fourth-order valence-corrected chi connectivity index (χ4v) is 2.85. The van der Waals surface area contributed by atoms with E-state index in [-0.39, 0.29) is 0 Å². The summed E-state index contributed by atoms with van der Waals surface area (Å²) in [6, 6.07) is 1.59. The van der Waals surface area contributed by atoms with Gasteiger partial charge < -0.3 is 10.2 Å². The first-order chi connectivity index (χ1) is 6.72. The quantitative estimate of drug-likeness (QED) is 0.739. The Balaban J connectivity index is 1.85. The van der Waals surface area contributed by atoms with Gasteiger partial charge >= 0.3 is 0 Å². The molecule has 14 heavy (non-hydrogen) atoms. The van der Waals surface area contributed by atoms with E-state index in [1.165, 1.54) is 32.4 Å². The van der Waals surface area contributed by atoms with Crippen molar-refractivity contribution in [1.82, 2.24) is 10.2 Å². The Labute approximate surface area is 88.1 Å². The van der Waals surface area contributed by atoms with E-state index in [4.69, 9.17) is 0 Å². The lowest BCUT2D eigenvalue weighted by Gasteiger charge is -2.40. The zero-order chi connectivity index (χ0) is 10.1. The molecule has 0 aromatic rings. The maximum atomic E-state index is 3.43. The zero-order valence-electron chi connectivity index (χ0n) is 9.79. The van der Waals surface area contributed by atoms with E-state index >= 15 is 0 Å². The molecule has 0 aromatic heterocycles. The molecule has 2 rings (SSSR count). The standard InChI is InChI=1S/C12H24N2/c1-9-8-14(7-6-12(9)13-3)10(2)11-4-5-11/h9-13H,4-8H2,1-3H3. The van der Waals surface area contributed by atoms with Crippen LogP contribution in [0, 0.1) is 11.8 Å². The van der Waals surface area contributed by atoms with E-state index < -0.39 is 0 Å². The smallest absolute Gasteiger partial charge is 0.0114 e. The zero-order valence-corrected chi connectivity index (χ0v) is 9.79. The SMILES string of the molecule is CNC1CCN(C(C)C2CC2)CC1C. The van der Waals surface area contributed by atoms with Crippen molar-refractivity contribution in [3.63, 3.8) is 0 Å². The van der Waals surface area contributed by atoms with E-state index in [1.54, 1.807) is 0 Å². The van der Waals surface area contributed by atoms with Crippen LogP contribution >= 0.6 is 0 Å². The largest absolute Gasteiger partial charge is 0.317 e. The maximum absolute atomic E-state index is 3.43. The minimum absolute atomic E-state index is 0.748. The molecule has 3 atom stereocenters. The average Bonchev–Trinajstić information content (AvgIpc) is 3.00. The summed E-state index contributed by atoms with van der Waals surface area (Å²) in [4.78, 5) is 2.70. The Hall–Kier alpha value is -0.0800. The molecule has 1 saturated heterocycles. The summed E-state index contributed by atoms with van der Waals surface area (Å²) in [6.45, 7) is 7.40. The Morgan fingerprint density at radius 3 is 2.50 bits per heavy atom. The van der Waals surface area contributed by atoms with E-state index in [0.717, 1.165) is 23.9 Å². The molecule has 1 N–H and O–H groups in total. The normalized spacial score (nSPS) is 37.1. The van der Waals surface area contributed by atoms with Crippen LogP contribution in [0.15, 0.2) is 0 Å². The van der Waals surface area contributed by atoms with E-state index in [2.05, 4.69) is 31.1 Å². The fourth-order valence-electron chi connectivity index (χ4n) is 2.85. The molecule has 2 fully saturated rings. The third-order valence-electron chi connectivity index (χ3n) is 4.19. The topological polar surface area (TPSA) is 15.3 Å². The number of likely N-dealkylation sites (tertiary alicyclic amines) is 1. The molecule has 0 radical (unpaired) electrons. The first-order valence-electron chi connectivity index (χ1n) is 6.13. The first-order valence-corrected chi connectivity index (χ1v) is 6.13. The second kappa shape index (κ2) is 4.19. The molecule has 1 aliphatic carbocycles. The van der Waals surface area contributed by atoms with Gasteiger partial charge in [-0.05, 0) is 51.6 Å². The third kappa shape index (κ3) is 2.12. The molecule has 2 heteroatoms. The summed E-state index contributed by atoms with van der Waals surface area (Å²) in [7, 11) is 2.10. The van der Waals surface area contributed by atoms with Crippen LogP contribution in [0.5, 0.6) is 0 Å². The monoisotopic (exact) mass is 196 g/mol. The highest BCUT2D eigenvalue weighted by atomic mass is 15.2. The molecule has 0 amide bonds. The van der Waals surface area contributed by atoms with Gasteiger partial charge in [0.25, 0.3) is 0 Å². The Bertz CT molecular complexity index is 189. The molecule has 1 aliphatic heterocycles. The molecule has 1 heterocycles. The predicted molar refractivity (Wildman–Crippen MR) is 60.4 cm³/mol. The van der Waals surface area contributed by atoms with Gasteiger partial charge in [-0.2, -0.15) is 0 Å². The summed E-state index contributed by atoms with van der Waals surface area (Å²) in [5.41, 5.74) is 0. The second-order valence-electron chi connectivity index (χ2n) is 5.23. The number of hydrogen-bond acceptors (Lipinski definition) is 2. The van der Waals surface area contributed by atoms with Gasteiger partial charge in [0.2, 0.25) is 0 Å². The molecular weight excluding hydrogens is 172 g/mol. The van der Waals surface area contributed by atoms with Gasteiger partial charge in [0.15, 0.2) is 0 Å². The van der Waals surface area contributed by atoms with Crippen molar-refractivity contribution in [2.75, 3.05) is 20.1 Å². The summed E-state index contributed by atoms with van der Waals surface area (Å²) < 4.78 is 0. The second-order valence-corrected chi connectivity index (χ2v) is 5.23. The van der Waals surface area contributed by atoms with Gasteiger partial charge in [-0.25, -0.2) is 0 Å². The van der Waals surface area contributed by atoms with Gasteiger partial charge in [0.1, 0.15) is 0 Å². The number of hydrogen-bond donors (Lipinski definition) is 1. The molecule has 2 aliphatic rings. The van der Waals surface area contributed by atoms with Gasteiger partial charge in [0.05, 0.1) is 0 Å². The molecule has 0 bridgehead atoms. The average molecular weight is 196 g/mol. The van der Waals surface area contributed by atoms with Crippen molar-refractivity contribution < 1.29 is 0 Å². The van der Waals surface area contributed by atoms with Crippen LogP contribution in [0.1, 0.15) is 33.1 Å². The highest BCUT2D eigenvalue weighted by Crippen LogP contribution is 2.36. The molecule has 3 unspecified atom stereocenters. The minimum Gasteiger partial charge on any atom is -0.317 e. The van der Waals surface area contributed by atoms with Crippen LogP contribution in [0.2, 0.25) is 0 Å². The van der Waals surface area contributed by atoms with E-state index in [9.17, 15) is 0 Å². The maximum Gasteiger partial charge on any atom is 0.0114 e. The van der Waals surface area contributed by atoms with Crippen molar-refractivity contribution in [2.45, 2.75) is 45.2 Å². The highest BCUT2D eigenvalue weighted by molar-refractivity contribution is 4.90. The molecule has 0 aromatic carbocycles. The third-order valence-corrected chi connectivity index (χ3v) is 4.19. The van der Waals surface area contributed by atoms with Gasteiger partial charge in [0, 0.05) is 18.6 Å². The van der Waals surface area contributed by atoms with Crippen molar-refractivity contribution in [2.24, 2.45) is 11.8 Å². The summed E-state index contributed by atoms with van der Waals surface area (Å²) in [5, 5.41) is 3.43. The molecular formula is C12H24N2. The summed E-state index contributed by atoms with van der Waals surface area (Å²) in [5.74, 6) is 1.84.